The van der Waals surface area contributed by atoms with E-state index in [4.69, 9.17) is 0 Å². The number of aromatic nitrogens is 1. The van der Waals surface area contributed by atoms with Gasteiger partial charge in [0.05, 0.1) is 24.8 Å². The summed E-state index contributed by atoms with van der Waals surface area (Å²) in [4.78, 5) is 14.3. The van der Waals surface area contributed by atoms with E-state index in [2.05, 4.69) is 9.72 Å². The van der Waals surface area contributed by atoms with Crippen molar-refractivity contribution < 1.29 is 22.7 Å². The van der Waals surface area contributed by atoms with E-state index in [1.54, 1.807) is 0 Å². The van der Waals surface area contributed by atoms with Gasteiger partial charge in [0.15, 0.2) is 0 Å². The van der Waals surface area contributed by atoms with Gasteiger partial charge in [-0.05, 0) is 12.1 Å². The van der Waals surface area contributed by atoms with Gasteiger partial charge in [0.2, 0.25) is 0 Å². The summed E-state index contributed by atoms with van der Waals surface area (Å²) in [6.07, 6.45) is -3.84. The lowest BCUT2D eigenvalue weighted by atomic mass is 10.2. The Morgan fingerprint density at radius 3 is 2.53 bits per heavy atom. The number of alkyl halides is 3. The lowest BCUT2D eigenvalue weighted by molar-refractivity contribution is -0.139. The first-order valence-electron chi connectivity index (χ1n) is 4.02. The fraction of sp³-hybridized carbons (Fsp3) is 0.333. The van der Waals surface area contributed by atoms with Crippen LogP contribution in [0.3, 0.4) is 0 Å². The summed E-state index contributed by atoms with van der Waals surface area (Å²) < 4.78 is 40.7. The van der Waals surface area contributed by atoms with Gasteiger partial charge in [0.1, 0.15) is 0 Å². The predicted octanol–water partition coefficient (Wildman–Crippen LogP) is 1.82. The first kappa shape index (κ1) is 11.5. The number of ether oxygens (including phenoxy) is 1. The molecule has 0 N–H and O–H groups in total. The third-order valence-corrected chi connectivity index (χ3v) is 1.71. The second-order valence-electron chi connectivity index (χ2n) is 2.79. The highest BCUT2D eigenvalue weighted by atomic mass is 19.4. The van der Waals surface area contributed by atoms with Crippen LogP contribution in [-0.2, 0) is 22.1 Å². The Labute approximate surface area is 83.9 Å². The molecule has 0 radical (unpaired) electrons. The normalized spacial score (nSPS) is 11.2. The number of pyridine rings is 1. The number of halogens is 3. The number of esters is 1. The maximum Gasteiger partial charge on any atom is 0.417 e. The number of carbonyl (C=O) groups excluding carboxylic acids is 1. The number of rotatable bonds is 2. The molecule has 15 heavy (non-hydrogen) atoms. The standard InChI is InChI=1S/C9H8F3NO2/c1-15-8(14)4-7-3-2-6(5-13-7)9(10,11)12/h2-3,5H,4H2,1H3. The molecule has 0 aliphatic heterocycles. The molecular weight excluding hydrogens is 211 g/mol. The number of hydrogen-bond acceptors (Lipinski definition) is 3. The van der Waals surface area contributed by atoms with Gasteiger partial charge in [0.25, 0.3) is 0 Å². The van der Waals surface area contributed by atoms with Gasteiger partial charge in [0, 0.05) is 6.20 Å². The lowest BCUT2D eigenvalue weighted by Crippen LogP contribution is -2.09. The monoisotopic (exact) mass is 219 g/mol. The minimum absolute atomic E-state index is 0.130. The SMILES string of the molecule is COC(=O)Cc1ccc(C(F)(F)F)cn1. The van der Waals surface area contributed by atoms with Gasteiger partial charge in [-0.1, -0.05) is 0 Å². The van der Waals surface area contributed by atoms with Crippen molar-refractivity contribution in [3.63, 3.8) is 0 Å². The average Bonchev–Trinajstić information content (AvgIpc) is 2.17. The van der Waals surface area contributed by atoms with Crippen LogP contribution in [0.5, 0.6) is 0 Å². The quantitative estimate of drug-likeness (QED) is 0.712. The summed E-state index contributed by atoms with van der Waals surface area (Å²) in [6, 6.07) is 2.03. The highest BCUT2D eigenvalue weighted by Crippen LogP contribution is 2.28. The van der Waals surface area contributed by atoms with E-state index in [-0.39, 0.29) is 12.1 Å². The third kappa shape index (κ3) is 3.23. The molecule has 6 heteroatoms. The first-order valence-corrected chi connectivity index (χ1v) is 4.02. The van der Waals surface area contributed by atoms with Gasteiger partial charge in [-0.3, -0.25) is 9.78 Å². The molecule has 1 heterocycles. The largest absolute Gasteiger partial charge is 0.469 e. The van der Waals surface area contributed by atoms with Crippen molar-refractivity contribution in [2.75, 3.05) is 7.11 Å². The van der Waals surface area contributed by atoms with Crippen molar-refractivity contribution in [1.29, 1.82) is 0 Å². The molecular formula is C9H8F3NO2. The van der Waals surface area contributed by atoms with Crippen molar-refractivity contribution >= 4 is 5.97 Å². The van der Waals surface area contributed by atoms with Crippen LogP contribution >= 0.6 is 0 Å². The molecule has 0 bridgehead atoms. The van der Waals surface area contributed by atoms with Gasteiger partial charge in [-0.15, -0.1) is 0 Å². The lowest BCUT2D eigenvalue weighted by Gasteiger charge is -2.06. The molecule has 3 nitrogen and oxygen atoms in total. The molecule has 0 aliphatic rings. The zero-order valence-corrected chi connectivity index (χ0v) is 7.84. The molecule has 0 atom stereocenters. The Bertz CT molecular complexity index is 345. The van der Waals surface area contributed by atoms with E-state index in [0.29, 0.717) is 6.20 Å². The van der Waals surface area contributed by atoms with E-state index in [1.807, 2.05) is 0 Å². The summed E-state index contributed by atoms with van der Waals surface area (Å²) >= 11 is 0. The number of carbonyl (C=O) groups is 1. The molecule has 1 rings (SSSR count). The topological polar surface area (TPSA) is 39.2 Å². The molecule has 0 saturated heterocycles. The van der Waals surface area contributed by atoms with Crippen molar-refractivity contribution in [3.05, 3.63) is 29.6 Å². The smallest absolute Gasteiger partial charge is 0.417 e. The minimum atomic E-state index is -4.41. The summed E-state index contributed by atoms with van der Waals surface area (Å²) in [5.74, 6) is -0.540. The van der Waals surface area contributed by atoms with Crippen LogP contribution in [0.25, 0.3) is 0 Å². The fourth-order valence-corrected chi connectivity index (χ4v) is 0.917. The molecule has 0 spiro atoms. The number of nitrogens with zero attached hydrogens (tertiary/aromatic N) is 1. The second-order valence-corrected chi connectivity index (χ2v) is 2.79. The van der Waals surface area contributed by atoms with Crippen molar-refractivity contribution in [1.82, 2.24) is 4.98 Å². The zero-order chi connectivity index (χ0) is 11.5. The molecule has 0 fully saturated rings. The Morgan fingerprint density at radius 1 is 1.47 bits per heavy atom. The van der Waals surface area contributed by atoms with Crippen LogP contribution in [0, 0.1) is 0 Å². The van der Waals surface area contributed by atoms with Gasteiger partial charge >= 0.3 is 12.1 Å². The van der Waals surface area contributed by atoms with Gasteiger partial charge < -0.3 is 4.74 Å². The van der Waals surface area contributed by atoms with Gasteiger partial charge in [-0.2, -0.15) is 13.2 Å². The molecule has 0 aliphatic carbocycles. The highest BCUT2D eigenvalue weighted by molar-refractivity contribution is 5.71. The summed E-state index contributed by atoms with van der Waals surface area (Å²) in [5, 5.41) is 0. The Morgan fingerprint density at radius 2 is 2.13 bits per heavy atom. The summed E-state index contributed by atoms with van der Waals surface area (Å²) in [6.45, 7) is 0. The summed E-state index contributed by atoms with van der Waals surface area (Å²) in [5.41, 5.74) is -0.592. The van der Waals surface area contributed by atoms with Crippen LogP contribution in [0.2, 0.25) is 0 Å². The van der Waals surface area contributed by atoms with E-state index < -0.39 is 17.7 Å². The summed E-state index contributed by atoms with van der Waals surface area (Å²) in [7, 11) is 1.20. The average molecular weight is 219 g/mol. The Hall–Kier alpha value is -1.59. The molecule has 0 saturated carbocycles. The van der Waals surface area contributed by atoms with Crippen molar-refractivity contribution in [2.24, 2.45) is 0 Å². The Kier molecular flexibility index (Phi) is 3.28. The third-order valence-electron chi connectivity index (χ3n) is 1.71. The minimum Gasteiger partial charge on any atom is -0.469 e. The first-order chi connectivity index (χ1) is 6.93. The Balaban J connectivity index is 2.77. The molecule has 1 aromatic heterocycles. The zero-order valence-electron chi connectivity index (χ0n) is 7.84. The second kappa shape index (κ2) is 4.29. The van der Waals surface area contributed by atoms with Crippen LogP contribution in [-0.4, -0.2) is 18.1 Å². The van der Waals surface area contributed by atoms with Crippen molar-refractivity contribution in [3.8, 4) is 0 Å². The maximum absolute atomic E-state index is 12.1. The molecule has 0 aromatic carbocycles. The maximum atomic E-state index is 12.1. The molecule has 0 amide bonds. The van der Waals surface area contributed by atoms with E-state index in [0.717, 1.165) is 12.1 Å². The highest BCUT2D eigenvalue weighted by Gasteiger charge is 2.30. The van der Waals surface area contributed by atoms with E-state index in [9.17, 15) is 18.0 Å². The van der Waals surface area contributed by atoms with E-state index in [1.165, 1.54) is 7.11 Å². The van der Waals surface area contributed by atoms with Crippen LogP contribution in [0.4, 0.5) is 13.2 Å². The molecule has 82 valence electrons. The van der Waals surface area contributed by atoms with Crippen LogP contribution in [0.1, 0.15) is 11.3 Å². The van der Waals surface area contributed by atoms with Crippen molar-refractivity contribution in [2.45, 2.75) is 12.6 Å². The van der Waals surface area contributed by atoms with Crippen LogP contribution < -0.4 is 0 Å². The van der Waals surface area contributed by atoms with E-state index >= 15 is 0 Å². The number of hydrogen-bond donors (Lipinski definition) is 0. The molecule has 1 aromatic rings. The predicted molar refractivity (Wildman–Crippen MR) is 45.0 cm³/mol. The van der Waals surface area contributed by atoms with Gasteiger partial charge in [-0.25, -0.2) is 0 Å². The van der Waals surface area contributed by atoms with Crippen LogP contribution in [0.15, 0.2) is 18.3 Å². The molecule has 0 unspecified atom stereocenters. The number of methoxy groups -OCH3 is 1. The fourth-order valence-electron chi connectivity index (χ4n) is 0.917.